The van der Waals surface area contributed by atoms with Gasteiger partial charge < -0.3 is 20.7 Å². The van der Waals surface area contributed by atoms with Gasteiger partial charge in [-0.1, -0.05) is 0 Å². The Balaban J connectivity index is 2.36. The second-order valence-corrected chi connectivity index (χ2v) is 4.19. The highest BCUT2D eigenvalue weighted by Gasteiger charge is 2.27. The number of alkyl halides is 3. The fraction of sp³-hybridized carbons (Fsp3) is 0.800. The molecule has 1 saturated heterocycles. The molecule has 0 aromatic carbocycles. The third-order valence-electron chi connectivity index (χ3n) is 2.44. The van der Waals surface area contributed by atoms with E-state index < -0.39 is 25.2 Å². The lowest BCUT2D eigenvalue weighted by Crippen LogP contribution is -2.48. The summed E-state index contributed by atoms with van der Waals surface area (Å²) < 4.78 is 40.9. The predicted molar refractivity (Wildman–Crippen MR) is 62.5 cm³/mol. The number of amides is 1. The monoisotopic (exact) mass is 282 g/mol. The van der Waals surface area contributed by atoms with Crippen LogP contribution >= 0.6 is 0 Å². The van der Waals surface area contributed by atoms with E-state index in [1.54, 1.807) is 10.2 Å². The Labute approximate surface area is 108 Å². The van der Waals surface area contributed by atoms with Gasteiger partial charge in [-0.25, -0.2) is 4.99 Å². The summed E-state index contributed by atoms with van der Waals surface area (Å²) in [6.45, 7) is 1.67. The van der Waals surface area contributed by atoms with Gasteiger partial charge >= 0.3 is 6.18 Å². The molecule has 1 aliphatic rings. The van der Waals surface area contributed by atoms with E-state index in [0.717, 1.165) is 0 Å². The van der Waals surface area contributed by atoms with E-state index >= 15 is 0 Å². The fourth-order valence-corrected chi connectivity index (χ4v) is 1.53. The maximum absolute atomic E-state index is 11.9. The number of halogens is 3. The molecule has 0 radical (unpaired) electrons. The largest absolute Gasteiger partial charge is 0.405 e. The van der Waals surface area contributed by atoms with E-state index in [4.69, 9.17) is 10.5 Å². The van der Waals surface area contributed by atoms with Gasteiger partial charge in [0.1, 0.15) is 13.1 Å². The van der Waals surface area contributed by atoms with Crippen molar-refractivity contribution in [1.29, 1.82) is 0 Å². The maximum atomic E-state index is 11.9. The van der Waals surface area contributed by atoms with Gasteiger partial charge in [0.15, 0.2) is 5.96 Å². The molecule has 0 saturated carbocycles. The molecule has 0 bridgehead atoms. The first-order valence-corrected chi connectivity index (χ1v) is 5.78. The third kappa shape index (κ3) is 6.27. The molecular weight excluding hydrogens is 265 g/mol. The summed E-state index contributed by atoms with van der Waals surface area (Å²) in [6, 6.07) is 0. The van der Waals surface area contributed by atoms with Crippen molar-refractivity contribution in [2.75, 3.05) is 32.8 Å². The normalized spacial score (nSPS) is 21.4. The molecule has 1 heterocycles. The van der Waals surface area contributed by atoms with Crippen LogP contribution in [0.5, 0.6) is 0 Å². The maximum Gasteiger partial charge on any atom is 0.405 e. The van der Waals surface area contributed by atoms with E-state index in [9.17, 15) is 18.0 Å². The Kier molecular flexibility index (Phi) is 5.40. The summed E-state index contributed by atoms with van der Waals surface area (Å²) in [5, 5.41) is 1.72. The minimum atomic E-state index is -4.43. The third-order valence-corrected chi connectivity index (χ3v) is 2.44. The van der Waals surface area contributed by atoms with Crippen LogP contribution in [-0.2, 0) is 9.53 Å². The van der Waals surface area contributed by atoms with Crippen molar-refractivity contribution in [3.8, 4) is 0 Å². The number of carbonyl (C=O) groups is 1. The molecule has 19 heavy (non-hydrogen) atoms. The van der Waals surface area contributed by atoms with Crippen molar-refractivity contribution in [2.24, 2.45) is 10.7 Å². The molecule has 1 amide bonds. The van der Waals surface area contributed by atoms with E-state index in [-0.39, 0.29) is 12.1 Å². The average Bonchev–Trinajstić information content (AvgIpc) is 2.32. The molecular formula is C10H17F3N4O2. The van der Waals surface area contributed by atoms with Crippen LogP contribution in [0.25, 0.3) is 0 Å². The van der Waals surface area contributed by atoms with E-state index in [0.29, 0.717) is 19.7 Å². The van der Waals surface area contributed by atoms with Crippen molar-refractivity contribution in [3.63, 3.8) is 0 Å². The van der Waals surface area contributed by atoms with Crippen molar-refractivity contribution in [1.82, 2.24) is 10.2 Å². The summed E-state index contributed by atoms with van der Waals surface area (Å²) >= 11 is 0. The molecule has 0 aromatic heterocycles. The molecule has 1 unspecified atom stereocenters. The quantitative estimate of drug-likeness (QED) is 0.550. The SMILES string of the molecule is CC1CN(C(N)=NCC(=O)NCC(F)(F)F)CCO1. The van der Waals surface area contributed by atoms with E-state index in [1.165, 1.54) is 0 Å². The Hall–Kier alpha value is -1.51. The first-order chi connectivity index (χ1) is 8.78. The first kappa shape index (κ1) is 15.5. The second-order valence-electron chi connectivity index (χ2n) is 4.19. The van der Waals surface area contributed by atoms with Gasteiger partial charge in [0, 0.05) is 13.1 Å². The van der Waals surface area contributed by atoms with Crippen LogP contribution < -0.4 is 11.1 Å². The number of morpholine rings is 1. The van der Waals surface area contributed by atoms with Crippen molar-refractivity contribution >= 4 is 11.9 Å². The smallest absolute Gasteiger partial charge is 0.375 e. The number of nitrogens with two attached hydrogens (primary N) is 1. The first-order valence-electron chi connectivity index (χ1n) is 5.78. The highest BCUT2D eigenvalue weighted by molar-refractivity contribution is 5.84. The number of aliphatic imine (C=N–C) groups is 1. The summed E-state index contributed by atoms with van der Waals surface area (Å²) in [6.07, 6.45) is -4.42. The number of nitrogens with one attached hydrogen (secondary N) is 1. The Morgan fingerprint density at radius 2 is 2.26 bits per heavy atom. The Morgan fingerprint density at radius 1 is 1.58 bits per heavy atom. The van der Waals surface area contributed by atoms with Crippen LogP contribution in [-0.4, -0.2) is 61.8 Å². The summed E-state index contributed by atoms with van der Waals surface area (Å²) in [5.41, 5.74) is 5.66. The number of rotatable bonds is 3. The molecule has 1 fully saturated rings. The van der Waals surface area contributed by atoms with Crippen LogP contribution in [0.4, 0.5) is 13.2 Å². The van der Waals surface area contributed by atoms with Crippen molar-refractivity contribution in [2.45, 2.75) is 19.2 Å². The molecule has 1 aliphatic heterocycles. The minimum absolute atomic E-state index is 0.00144. The second kappa shape index (κ2) is 6.60. The zero-order valence-corrected chi connectivity index (χ0v) is 10.5. The number of guanidine groups is 1. The summed E-state index contributed by atoms with van der Waals surface area (Å²) in [5.74, 6) is -0.682. The molecule has 0 aliphatic carbocycles. The van der Waals surface area contributed by atoms with Crippen molar-refractivity contribution in [3.05, 3.63) is 0 Å². The zero-order valence-electron chi connectivity index (χ0n) is 10.5. The Morgan fingerprint density at radius 3 is 2.84 bits per heavy atom. The van der Waals surface area contributed by atoms with Crippen LogP contribution in [0.3, 0.4) is 0 Å². The molecule has 0 aromatic rings. The fourth-order valence-electron chi connectivity index (χ4n) is 1.53. The molecule has 1 rings (SSSR count). The molecule has 3 N–H and O–H groups in total. The zero-order chi connectivity index (χ0) is 14.5. The lowest BCUT2D eigenvalue weighted by molar-refractivity contribution is -0.137. The van der Waals surface area contributed by atoms with E-state index in [1.807, 2.05) is 6.92 Å². The van der Waals surface area contributed by atoms with Crippen molar-refractivity contribution < 1.29 is 22.7 Å². The Bertz CT molecular complexity index is 346. The predicted octanol–water partition coefficient (Wildman–Crippen LogP) is -0.300. The van der Waals surface area contributed by atoms with Gasteiger partial charge in [0.2, 0.25) is 5.91 Å². The molecule has 0 spiro atoms. The molecule has 6 nitrogen and oxygen atoms in total. The van der Waals surface area contributed by atoms with Gasteiger partial charge in [-0.05, 0) is 6.92 Å². The standard InChI is InChI=1S/C10H17F3N4O2/c1-7-5-17(2-3-19-7)9(14)15-4-8(18)16-6-10(11,12)13/h7H,2-6H2,1H3,(H2,14,15)(H,16,18). The van der Waals surface area contributed by atoms with Crippen LogP contribution in [0.1, 0.15) is 6.92 Å². The lowest BCUT2D eigenvalue weighted by Gasteiger charge is -2.31. The number of carbonyl (C=O) groups excluding carboxylic acids is 1. The van der Waals surface area contributed by atoms with Gasteiger partial charge in [0.25, 0.3) is 0 Å². The highest BCUT2D eigenvalue weighted by Crippen LogP contribution is 2.11. The molecule has 9 heteroatoms. The van der Waals surface area contributed by atoms with Crippen LogP contribution in [0, 0.1) is 0 Å². The van der Waals surface area contributed by atoms with Gasteiger partial charge in [-0.2, -0.15) is 13.2 Å². The summed E-state index contributed by atoms with van der Waals surface area (Å²) in [4.78, 5) is 16.6. The number of hydrogen-bond donors (Lipinski definition) is 2. The lowest BCUT2D eigenvalue weighted by atomic mass is 10.3. The van der Waals surface area contributed by atoms with Crippen LogP contribution in [0.2, 0.25) is 0 Å². The highest BCUT2D eigenvalue weighted by atomic mass is 19.4. The van der Waals surface area contributed by atoms with Crippen LogP contribution in [0.15, 0.2) is 4.99 Å². The van der Waals surface area contributed by atoms with Gasteiger partial charge in [-0.15, -0.1) is 0 Å². The molecule has 110 valence electrons. The number of hydrogen-bond acceptors (Lipinski definition) is 3. The topological polar surface area (TPSA) is 80.0 Å². The minimum Gasteiger partial charge on any atom is -0.375 e. The number of nitrogens with zero attached hydrogens (tertiary/aromatic N) is 2. The van der Waals surface area contributed by atoms with E-state index in [2.05, 4.69) is 4.99 Å². The van der Waals surface area contributed by atoms with Gasteiger partial charge in [-0.3, -0.25) is 4.79 Å². The molecule has 1 atom stereocenters. The summed E-state index contributed by atoms with van der Waals surface area (Å²) in [7, 11) is 0. The van der Waals surface area contributed by atoms with Gasteiger partial charge in [0.05, 0.1) is 12.7 Å². The number of ether oxygens (including phenoxy) is 1. The average molecular weight is 282 g/mol.